The zero-order valence-corrected chi connectivity index (χ0v) is 10.8. The highest BCUT2D eigenvalue weighted by atomic mass is 35.5. The number of nitrogens with one attached hydrogen (secondary N) is 1. The van der Waals surface area contributed by atoms with Crippen LogP contribution in [0.15, 0.2) is 12.1 Å². The van der Waals surface area contributed by atoms with E-state index in [9.17, 15) is 4.79 Å². The number of fused-ring (bicyclic) bond motifs is 1. The quantitative estimate of drug-likeness (QED) is 0.854. The summed E-state index contributed by atoms with van der Waals surface area (Å²) in [6.07, 6.45) is 0. The molecule has 1 amide bonds. The van der Waals surface area contributed by atoms with Crippen molar-refractivity contribution in [3.63, 3.8) is 0 Å². The van der Waals surface area contributed by atoms with Crippen LogP contribution in [0.3, 0.4) is 0 Å². The number of hydrogen-bond donors (Lipinski definition) is 1. The van der Waals surface area contributed by atoms with Gasteiger partial charge in [0.15, 0.2) is 16.3 Å². The van der Waals surface area contributed by atoms with E-state index in [0.29, 0.717) is 30.4 Å². The Morgan fingerprint density at radius 2 is 2.00 bits per heavy atom. The summed E-state index contributed by atoms with van der Waals surface area (Å²) in [5, 5.41) is 2.76. The van der Waals surface area contributed by atoms with E-state index in [2.05, 4.69) is 5.32 Å². The first-order chi connectivity index (χ1) is 8.09. The Morgan fingerprint density at radius 3 is 2.71 bits per heavy atom. The maximum Gasteiger partial charge on any atom is 0.257 e. The lowest BCUT2D eigenvalue weighted by atomic mass is 10.2. The molecule has 1 aliphatic heterocycles. The molecular formula is C10H8Cl3NO3. The highest BCUT2D eigenvalue weighted by Crippen LogP contribution is 2.41. The molecule has 1 aromatic rings. The van der Waals surface area contributed by atoms with E-state index in [1.54, 1.807) is 12.1 Å². The number of benzene rings is 1. The smallest absolute Gasteiger partial charge is 0.257 e. The van der Waals surface area contributed by atoms with Gasteiger partial charge in [-0.15, -0.1) is 0 Å². The Hall–Kier alpha value is -0.840. The van der Waals surface area contributed by atoms with Gasteiger partial charge in [-0.05, 0) is 12.1 Å². The Morgan fingerprint density at radius 1 is 1.29 bits per heavy atom. The Balaban J connectivity index is 2.27. The summed E-state index contributed by atoms with van der Waals surface area (Å²) in [6.45, 7) is 0.887. The standard InChI is InChI=1S/C10H8Cl3NO3/c11-7-5(14-10(15)9(12)13)1-2-6-8(7)17-4-3-16-6/h1-2,9H,3-4H2,(H,14,15). The molecule has 0 saturated heterocycles. The molecule has 1 aliphatic rings. The SMILES string of the molecule is O=C(Nc1ccc2c(c1Cl)OCCO2)C(Cl)Cl. The fourth-order valence-electron chi connectivity index (χ4n) is 1.37. The molecule has 1 N–H and O–H groups in total. The molecule has 1 aromatic carbocycles. The lowest BCUT2D eigenvalue weighted by Gasteiger charge is -2.20. The summed E-state index contributed by atoms with van der Waals surface area (Å²) in [4.78, 5) is 10.2. The first-order valence-electron chi connectivity index (χ1n) is 4.76. The van der Waals surface area contributed by atoms with Gasteiger partial charge in [0.1, 0.15) is 18.2 Å². The van der Waals surface area contributed by atoms with Crippen molar-refractivity contribution < 1.29 is 14.3 Å². The Kier molecular flexibility index (Phi) is 3.86. The van der Waals surface area contributed by atoms with Crippen molar-refractivity contribution in [1.29, 1.82) is 0 Å². The van der Waals surface area contributed by atoms with Crippen LogP contribution in [0.2, 0.25) is 5.02 Å². The lowest BCUT2D eigenvalue weighted by molar-refractivity contribution is -0.114. The average Bonchev–Trinajstić information content (AvgIpc) is 2.33. The van der Waals surface area contributed by atoms with Crippen LogP contribution in [0, 0.1) is 0 Å². The van der Waals surface area contributed by atoms with Crippen molar-refractivity contribution >= 4 is 46.4 Å². The minimum atomic E-state index is -1.15. The van der Waals surface area contributed by atoms with Crippen LogP contribution in [0.1, 0.15) is 0 Å². The summed E-state index contributed by atoms with van der Waals surface area (Å²) in [7, 11) is 0. The zero-order valence-electron chi connectivity index (χ0n) is 8.50. The molecule has 0 fully saturated rings. The van der Waals surface area contributed by atoms with Crippen LogP contribution in [0.25, 0.3) is 0 Å². The van der Waals surface area contributed by atoms with Gasteiger partial charge in [-0.1, -0.05) is 34.8 Å². The van der Waals surface area contributed by atoms with Gasteiger partial charge in [-0.3, -0.25) is 4.79 Å². The van der Waals surface area contributed by atoms with Crippen LogP contribution in [0.4, 0.5) is 5.69 Å². The molecule has 0 aliphatic carbocycles. The summed E-state index contributed by atoms with van der Waals surface area (Å²) in [5.74, 6) is 0.413. The minimum Gasteiger partial charge on any atom is -0.486 e. The third-order valence-corrected chi connectivity index (χ3v) is 2.88. The lowest BCUT2D eigenvalue weighted by Crippen LogP contribution is -2.20. The van der Waals surface area contributed by atoms with Crippen LogP contribution >= 0.6 is 34.8 Å². The molecule has 0 atom stereocenters. The number of rotatable bonds is 2. The average molecular weight is 297 g/mol. The van der Waals surface area contributed by atoms with Crippen molar-refractivity contribution in [3.05, 3.63) is 17.2 Å². The Labute approximate surface area is 113 Å². The van der Waals surface area contributed by atoms with Gasteiger partial charge >= 0.3 is 0 Å². The zero-order chi connectivity index (χ0) is 12.4. The van der Waals surface area contributed by atoms with Crippen molar-refractivity contribution in [3.8, 4) is 11.5 Å². The number of carbonyl (C=O) groups excluding carboxylic acids is 1. The van der Waals surface area contributed by atoms with Crippen LogP contribution < -0.4 is 14.8 Å². The molecule has 0 radical (unpaired) electrons. The van der Waals surface area contributed by atoms with Crippen LogP contribution in [-0.2, 0) is 4.79 Å². The third kappa shape index (κ3) is 2.70. The molecule has 0 aromatic heterocycles. The van der Waals surface area contributed by atoms with Crippen molar-refractivity contribution in [2.75, 3.05) is 18.5 Å². The summed E-state index contributed by atoms with van der Waals surface area (Å²) in [6, 6.07) is 3.26. The molecule has 92 valence electrons. The van der Waals surface area contributed by atoms with E-state index in [4.69, 9.17) is 44.3 Å². The van der Waals surface area contributed by atoms with Gasteiger partial charge in [0.2, 0.25) is 0 Å². The fraction of sp³-hybridized carbons (Fsp3) is 0.300. The molecule has 0 unspecified atom stereocenters. The molecule has 17 heavy (non-hydrogen) atoms. The van der Waals surface area contributed by atoms with E-state index >= 15 is 0 Å². The molecule has 7 heteroatoms. The third-order valence-electron chi connectivity index (χ3n) is 2.10. The van der Waals surface area contributed by atoms with E-state index in [-0.39, 0.29) is 5.02 Å². The van der Waals surface area contributed by atoms with Crippen molar-refractivity contribution in [1.82, 2.24) is 0 Å². The van der Waals surface area contributed by atoms with Gasteiger partial charge in [0.25, 0.3) is 5.91 Å². The number of carbonyl (C=O) groups is 1. The number of ether oxygens (including phenoxy) is 2. The fourth-order valence-corrected chi connectivity index (χ4v) is 1.73. The number of halogens is 3. The van der Waals surface area contributed by atoms with Crippen LogP contribution in [-0.4, -0.2) is 24.0 Å². The first kappa shape index (κ1) is 12.6. The second-order valence-corrected chi connectivity index (χ2v) is 4.72. The topological polar surface area (TPSA) is 47.6 Å². The largest absolute Gasteiger partial charge is 0.486 e. The molecule has 0 bridgehead atoms. The summed E-state index contributed by atoms with van der Waals surface area (Å²) in [5.41, 5.74) is 0.382. The van der Waals surface area contributed by atoms with Crippen molar-refractivity contribution in [2.24, 2.45) is 0 Å². The van der Waals surface area contributed by atoms with E-state index in [0.717, 1.165) is 0 Å². The maximum absolute atomic E-state index is 11.3. The second-order valence-electron chi connectivity index (χ2n) is 3.24. The number of alkyl halides is 2. The van der Waals surface area contributed by atoms with Gasteiger partial charge < -0.3 is 14.8 Å². The highest BCUT2D eigenvalue weighted by Gasteiger charge is 2.20. The molecule has 2 rings (SSSR count). The van der Waals surface area contributed by atoms with E-state index in [1.807, 2.05) is 0 Å². The highest BCUT2D eigenvalue weighted by molar-refractivity contribution is 6.54. The molecule has 0 saturated carbocycles. The Bertz CT molecular complexity index is 451. The summed E-state index contributed by atoms with van der Waals surface area (Å²) >= 11 is 16.9. The predicted molar refractivity (Wildman–Crippen MR) is 66.6 cm³/mol. The first-order valence-corrected chi connectivity index (χ1v) is 6.02. The normalized spacial score (nSPS) is 13.6. The molecular weight excluding hydrogens is 288 g/mol. The summed E-state index contributed by atoms with van der Waals surface area (Å²) < 4.78 is 10.7. The molecule has 4 nitrogen and oxygen atoms in total. The van der Waals surface area contributed by atoms with Crippen molar-refractivity contribution in [2.45, 2.75) is 4.84 Å². The monoisotopic (exact) mass is 295 g/mol. The van der Waals surface area contributed by atoms with Gasteiger partial charge in [-0.2, -0.15) is 0 Å². The molecule has 1 heterocycles. The number of hydrogen-bond acceptors (Lipinski definition) is 3. The van der Waals surface area contributed by atoms with Crippen LogP contribution in [0.5, 0.6) is 11.5 Å². The van der Waals surface area contributed by atoms with E-state index in [1.165, 1.54) is 0 Å². The van der Waals surface area contributed by atoms with Gasteiger partial charge in [0, 0.05) is 0 Å². The maximum atomic E-state index is 11.3. The second kappa shape index (κ2) is 5.21. The number of anilines is 1. The number of amides is 1. The molecule has 0 spiro atoms. The van der Waals surface area contributed by atoms with E-state index < -0.39 is 10.7 Å². The minimum absolute atomic E-state index is 0.268. The van der Waals surface area contributed by atoms with Gasteiger partial charge in [0.05, 0.1) is 5.69 Å². The van der Waals surface area contributed by atoms with Gasteiger partial charge in [-0.25, -0.2) is 0 Å². The predicted octanol–water partition coefficient (Wildman–Crippen LogP) is 2.85.